The van der Waals surface area contributed by atoms with E-state index in [0.717, 1.165) is 11.2 Å². The van der Waals surface area contributed by atoms with Crippen molar-refractivity contribution in [1.82, 2.24) is 14.5 Å². The van der Waals surface area contributed by atoms with Gasteiger partial charge in [-0.15, -0.1) is 0 Å². The van der Waals surface area contributed by atoms with Crippen LogP contribution in [0.4, 0.5) is 11.5 Å². The van der Waals surface area contributed by atoms with Crippen LogP contribution >= 0.6 is 0 Å². The lowest BCUT2D eigenvalue weighted by Gasteiger charge is -2.38. The highest BCUT2D eigenvalue weighted by molar-refractivity contribution is 6.07. The Morgan fingerprint density at radius 1 is 1.06 bits per heavy atom. The average Bonchev–Trinajstić information content (AvgIpc) is 3.38. The maximum Gasteiger partial charge on any atom is 0.336 e. The van der Waals surface area contributed by atoms with E-state index in [1.54, 1.807) is 60.7 Å². The Balaban J connectivity index is 1.31. The first kappa shape index (κ1) is 33.0. The minimum atomic E-state index is -1.99. The molecule has 0 radical (unpaired) electrons. The number of amides is 1. The third-order valence-electron chi connectivity index (χ3n) is 7.65. The molecular weight excluding hydrogens is 614 g/mol. The van der Waals surface area contributed by atoms with E-state index in [0.29, 0.717) is 23.4 Å². The lowest BCUT2D eigenvalue weighted by molar-refractivity contribution is -0.283. The molecule has 1 saturated heterocycles. The second-order valence-electron chi connectivity index (χ2n) is 10.8. The molecule has 0 spiro atoms. The number of carboxylic acid groups (broad SMARTS) is 1. The summed E-state index contributed by atoms with van der Waals surface area (Å²) >= 11 is 0. The van der Waals surface area contributed by atoms with E-state index in [4.69, 9.17) is 25.6 Å². The molecule has 1 aliphatic rings. The van der Waals surface area contributed by atoms with Crippen molar-refractivity contribution in [3.8, 4) is 0 Å². The number of aliphatic carboxylic acids is 1. The second-order valence-corrected chi connectivity index (χ2v) is 10.8. The zero-order valence-corrected chi connectivity index (χ0v) is 25.1. The fourth-order valence-corrected chi connectivity index (χ4v) is 5.07. The fraction of sp³-hybridized carbons (Fsp3) is 0.290. The van der Waals surface area contributed by atoms with Gasteiger partial charge < -0.3 is 45.5 Å². The number of nitrogens with zero attached hydrogens (tertiary/aromatic N) is 4. The first-order valence-electron chi connectivity index (χ1n) is 14.4. The molecule has 3 heterocycles. The summed E-state index contributed by atoms with van der Waals surface area (Å²) in [6.45, 7) is 0.134. The maximum atomic E-state index is 13.8. The number of ether oxygens (including phenoxy) is 2. The Morgan fingerprint density at radius 3 is 2.45 bits per heavy atom. The minimum Gasteiger partial charge on any atom is -0.479 e. The number of nitrogens with one attached hydrogen (secondary N) is 2. The number of nitrogen functional groups attached to an aromatic ring is 1. The third-order valence-corrected chi connectivity index (χ3v) is 7.65. The highest BCUT2D eigenvalue weighted by atomic mass is 16.7. The number of carboxylic acids is 1. The summed E-state index contributed by atoms with van der Waals surface area (Å²) < 4.78 is 11.8. The first-order valence-corrected chi connectivity index (χ1v) is 14.4. The van der Waals surface area contributed by atoms with E-state index < -0.39 is 55.0 Å². The van der Waals surface area contributed by atoms with Crippen LogP contribution in [-0.4, -0.2) is 95.9 Å². The summed E-state index contributed by atoms with van der Waals surface area (Å²) in [4.78, 5) is 48.4. The van der Waals surface area contributed by atoms with Gasteiger partial charge in [0, 0.05) is 36.6 Å². The molecule has 16 nitrogen and oxygen atoms in total. The van der Waals surface area contributed by atoms with Gasteiger partial charge in [0.25, 0.3) is 5.91 Å². The summed E-state index contributed by atoms with van der Waals surface area (Å²) in [5.74, 6) is -2.22. The van der Waals surface area contributed by atoms with E-state index in [1.807, 2.05) is 11.6 Å². The quantitative estimate of drug-likeness (QED) is 0.0660. The van der Waals surface area contributed by atoms with Gasteiger partial charge in [-0.2, -0.15) is 0 Å². The Hall–Kier alpha value is -5.42. The van der Waals surface area contributed by atoms with Gasteiger partial charge in [0.05, 0.1) is 24.0 Å². The van der Waals surface area contributed by atoms with Crippen molar-refractivity contribution < 1.29 is 44.3 Å². The van der Waals surface area contributed by atoms with E-state index in [9.17, 15) is 34.8 Å². The van der Waals surface area contributed by atoms with Crippen LogP contribution in [0.2, 0.25) is 0 Å². The van der Waals surface area contributed by atoms with Crippen molar-refractivity contribution in [3.05, 3.63) is 83.8 Å². The normalized spacial score (nSPS) is 20.8. The number of aliphatic hydroxyl groups excluding tert-OH is 3. The standard InChI is InChI=1S/C31H33N7O9/c1-37-20-10-7-17(14-19(20)36-22(37)15-35-18-8-5-16(6-9-18)28(32)33)29(42)38(21-4-2-3-12-34-21)13-11-23(39)46-26-24(40)25(41)31(45)47-27(26)30(43)44/h2-10,12,14,24-27,31,35,40-41,45H,11,13,15H2,1H3,(H3,32,33)(H,43,44)/t24-,25-,26+,27+,31?/m1/s1. The number of hydrogen-bond donors (Lipinski definition) is 7. The number of carbonyl (C=O) groups is 3. The molecule has 246 valence electrons. The van der Waals surface area contributed by atoms with Crippen molar-refractivity contribution >= 4 is 46.2 Å². The molecule has 0 saturated carbocycles. The number of amidine groups is 1. The molecule has 5 rings (SSSR count). The van der Waals surface area contributed by atoms with Gasteiger partial charge in [-0.25, -0.2) is 14.8 Å². The summed E-state index contributed by atoms with van der Waals surface area (Å²) in [5, 5.41) is 50.1. The molecule has 47 heavy (non-hydrogen) atoms. The molecule has 1 unspecified atom stereocenters. The van der Waals surface area contributed by atoms with Gasteiger partial charge in [0.2, 0.25) is 0 Å². The Bertz CT molecular complexity index is 1780. The molecule has 2 aromatic carbocycles. The van der Waals surface area contributed by atoms with Crippen molar-refractivity contribution in [2.24, 2.45) is 12.8 Å². The lowest BCUT2D eigenvalue weighted by atomic mass is 9.98. The van der Waals surface area contributed by atoms with Crippen LogP contribution in [0.3, 0.4) is 0 Å². The SMILES string of the molecule is Cn1c(CNc2ccc(C(=N)N)cc2)nc2cc(C(=O)N(CCC(=O)O[C@H]3[C@H](O)[C@@H](O)C(O)O[C@@H]3C(=O)O)c3ccccn3)ccc21. The number of hydrogen-bond acceptors (Lipinski definition) is 12. The van der Waals surface area contributed by atoms with Gasteiger partial charge >= 0.3 is 11.9 Å². The average molecular weight is 648 g/mol. The fourth-order valence-electron chi connectivity index (χ4n) is 5.07. The van der Waals surface area contributed by atoms with Crippen LogP contribution < -0.4 is 16.0 Å². The lowest BCUT2D eigenvalue weighted by Crippen LogP contribution is -2.61. The number of imidazole rings is 1. The molecule has 2 aromatic heterocycles. The van der Waals surface area contributed by atoms with Crippen LogP contribution in [0, 0.1) is 5.41 Å². The first-order chi connectivity index (χ1) is 22.4. The van der Waals surface area contributed by atoms with E-state index in [1.165, 1.54) is 11.1 Å². The van der Waals surface area contributed by atoms with Crippen molar-refractivity contribution in [1.29, 1.82) is 5.41 Å². The number of carbonyl (C=O) groups excluding carboxylic acids is 2. The van der Waals surface area contributed by atoms with Crippen molar-refractivity contribution in [2.45, 2.75) is 43.7 Å². The number of nitrogens with two attached hydrogens (primary N) is 1. The van der Waals surface area contributed by atoms with Crippen LogP contribution in [0.1, 0.15) is 28.2 Å². The number of esters is 1. The number of benzene rings is 2. The largest absolute Gasteiger partial charge is 0.479 e. The topological polar surface area (TPSA) is 246 Å². The number of rotatable bonds is 11. The number of aryl methyl sites for hydroxylation is 1. The maximum absolute atomic E-state index is 13.8. The van der Waals surface area contributed by atoms with Crippen molar-refractivity contribution in [2.75, 3.05) is 16.8 Å². The monoisotopic (exact) mass is 647 g/mol. The number of anilines is 2. The Labute approximate surface area is 267 Å². The predicted octanol–water partition coefficient (Wildman–Crippen LogP) is 0.337. The Kier molecular flexibility index (Phi) is 9.76. The van der Waals surface area contributed by atoms with Crippen LogP contribution in [0.25, 0.3) is 11.0 Å². The molecule has 0 aliphatic carbocycles. The highest BCUT2D eigenvalue weighted by Gasteiger charge is 2.49. The van der Waals surface area contributed by atoms with E-state index >= 15 is 0 Å². The van der Waals surface area contributed by atoms with Gasteiger partial charge in [0.15, 0.2) is 18.5 Å². The van der Waals surface area contributed by atoms with Crippen LogP contribution in [-0.2, 0) is 32.7 Å². The molecule has 5 atom stereocenters. The second kappa shape index (κ2) is 13.9. The van der Waals surface area contributed by atoms with Gasteiger partial charge in [-0.1, -0.05) is 6.07 Å². The molecular formula is C31H33N7O9. The molecule has 4 aromatic rings. The van der Waals surface area contributed by atoms with E-state index in [2.05, 4.69) is 10.3 Å². The van der Waals surface area contributed by atoms with Gasteiger partial charge in [-0.05, 0) is 54.6 Å². The molecule has 1 aliphatic heterocycles. The number of aromatic nitrogens is 3. The summed E-state index contributed by atoms with van der Waals surface area (Å²) in [6, 6.07) is 17.0. The van der Waals surface area contributed by atoms with Crippen LogP contribution in [0.5, 0.6) is 0 Å². The minimum absolute atomic E-state index is 0.0238. The van der Waals surface area contributed by atoms with Crippen molar-refractivity contribution in [3.63, 3.8) is 0 Å². The number of aliphatic hydroxyl groups is 3. The number of pyridine rings is 1. The summed E-state index contributed by atoms with van der Waals surface area (Å²) in [6.07, 6.45) is -8.55. The molecule has 16 heteroatoms. The number of fused-ring (bicyclic) bond motifs is 1. The van der Waals surface area contributed by atoms with E-state index in [-0.39, 0.29) is 23.8 Å². The van der Waals surface area contributed by atoms with Crippen LogP contribution in [0.15, 0.2) is 66.9 Å². The van der Waals surface area contributed by atoms with Gasteiger partial charge in [-0.3, -0.25) is 19.9 Å². The predicted molar refractivity (Wildman–Crippen MR) is 166 cm³/mol. The summed E-state index contributed by atoms with van der Waals surface area (Å²) in [5.41, 5.74) is 8.51. The molecule has 1 fully saturated rings. The smallest absolute Gasteiger partial charge is 0.336 e. The zero-order valence-electron chi connectivity index (χ0n) is 25.1. The molecule has 8 N–H and O–H groups in total. The summed E-state index contributed by atoms with van der Waals surface area (Å²) in [7, 11) is 1.85. The third kappa shape index (κ3) is 7.20. The molecule has 1 amide bonds. The molecule has 0 bridgehead atoms. The van der Waals surface area contributed by atoms with Gasteiger partial charge in [0.1, 0.15) is 29.7 Å². The highest BCUT2D eigenvalue weighted by Crippen LogP contribution is 2.25. The zero-order chi connectivity index (χ0) is 33.8. The Morgan fingerprint density at radius 2 is 1.79 bits per heavy atom.